The van der Waals surface area contributed by atoms with Gasteiger partial charge >= 0.3 is 0 Å². The van der Waals surface area contributed by atoms with Crippen LogP contribution in [0.1, 0.15) is 41.3 Å². The zero-order valence-corrected chi connectivity index (χ0v) is 23.3. The summed E-state index contributed by atoms with van der Waals surface area (Å²) < 4.78 is 14.6. The van der Waals surface area contributed by atoms with Crippen molar-refractivity contribution in [2.75, 3.05) is 31.5 Å². The third-order valence-corrected chi connectivity index (χ3v) is 8.38. The number of hydrogen-bond donors (Lipinski definition) is 3. The van der Waals surface area contributed by atoms with Gasteiger partial charge in [-0.05, 0) is 86.8 Å². The van der Waals surface area contributed by atoms with Crippen molar-refractivity contribution < 1.29 is 9.18 Å². The number of nitrogens with one attached hydrogen (secondary N) is 3. The van der Waals surface area contributed by atoms with Crippen molar-refractivity contribution in [2.24, 2.45) is 0 Å². The molecule has 39 heavy (non-hydrogen) atoms. The number of anilines is 1. The summed E-state index contributed by atoms with van der Waals surface area (Å²) in [5.74, 6) is 0.169. The van der Waals surface area contributed by atoms with Gasteiger partial charge in [-0.2, -0.15) is 0 Å². The molecule has 2 aromatic carbocycles. The normalized spacial score (nSPS) is 16.3. The van der Waals surface area contributed by atoms with Gasteiger partial charge in [-0.15, -0.1) is 0 Å². The molecule has 0 radical (unpaired) electrons. The molecule has 0 spiro atoms. The molecule has 10 heteroatoms. The Balaban J connectivity index is 1.24. The molecule has 8 nitrogen and oxygen atoms in total. The monoisotopic (exact) mass is 592 g/mol. The third-order valence-electron chi connectivity index (χ3n) is 7.60. The fourth-order valence-electron chi connectivity index (χ4n) is 5.63. The Hall–Kier alpha value is -3.50. The number of rotatable bonds is 8. The van der Waals surface area contributed by atoms with Crippen LogP contribution in [0.15, 0.2) is 51.9 Å². The van der Waals surface area contributed by atoms with Crippen LogP contribution in [0.25, 0.3) is 22.4 Å². The zero-order valence-electron chi connectivity index (χ0n) is 21.7. The molecule has 2 aliphatic heterocycles. The van der Waals surface area contributed by atoms with Gasteiger partial charge in [0.25, 0.3) is 11.5 Å². The Morgan fingerprint density at radius 1 is 1.13 bits per heavy atom. The second kappa shape index (κ2) is 10.6. The Morgan fingerprint density at radius 2 is 1.95 bits per heavy atom. The maximum absolute atomic E-state index is 13.8. The number of pyridine rings is 1. The second-order valence-electron chi connectivity index (χ2n) is 10.5. The number of nitrogens with zero attached hydrogens (tertiary/aromatic N) is 3. The van der Waals surface area contributed by atoms with Crippen LogP contribution < -0.4 is 10.9 Å². The number of H-pyrrole nitrogens is 2. The smallest absolute Gasteiger partial charge is 0.261 e. The standard InChI is InChI=1S/C29H30BrFN6O2/c1-17(12-18-13-20(31)4-5-22(18)30)33-23-6-7-32-28(38)26(23)27-34-24-14-19-16-37(11-10-36-8-2-3-9-36)29(39)21(19)15-25(24)35-27/h4-7,13-15,17H,2-3,8-12,16H2,1H3,(H,34,35)(H2,32,33,38)/t17-/m0/s1. The molecule has 2 aliphatic rings. The summed E-state index contributed by atoms with van der Waals surface area (Å²) in [4.78, 5) is 41.2. The van der Waals surface area contributed by atoms with E-state index < -0.39 is 0 Å². The van der Waals surface area contributed by atoms with Crippen LogP contribution in [-0.4, -0.2) is 62.9 Å². The number of aromatic nitrogens is 3. The van der Waals surface area contributed by atoms with Gasteiger partial charge in [0, 0.05) is 41.9 Å². The minimum Gasteiger partial charge on any atom is -0.381 e. The molecule has 0 saturated carbocycles. The molecule has 4 heterocycles. The predicted octanol–water partition coefficient (Wildman–Crippen LogP) is 4.91. The van der Waals surface area contributed by atoms with E-state index in [1.165, 1.54) is 25.0 Å². The lowest BCUT2D eigenvalue weighted by Crippen LogP contribution is -2.33. The van der Waals surface area contributed by atoms with Crippen molar-refractivity contribution in [3.05, 3.63) is 79.9 Å². The summed E-state index contributed by atoms with van der Waals surface area (Å²) in [6, 6.07) is 10.1. The molecular formula is C29H30BrFN6O2. The summed E-state index contributed by atoms with van der Waals surface area (Å²) in [6.45, 7) is 6.41. The van der Waals surface area contributed by atoms with Gasteiger partial charge in [-0.1, -0.05) is 15.9 Å². The maximum Gasteiger partial charge on any atom is 0.261 e. The summed E-state index contributed by atoms with van der Waals surface area (Å²) in [5.41, 5.74) is 4.63. The highest BCUT2D eigenvalue weighted by atomic mass is 79.9. The second-order valence-corrected chi connectivity index (χ2v) is 11.3. The van der Waals surface area contributed by atoms with Crippen molar-refractivity contribution in [1.29, 1.82) is 0 Å². The van der Waals surface area contributed by atoms with Crippen LogP contribution in [-0.2, 0) is 13.0 Å². The summed E-state index contributed by atoms with van der Waals surface area (Å²) >= 11 is 3.49. The van der Waals surface area contributed by atoms with Gasteiger partial charge in [0.2, 0.25) is 0 Å². The molecular weight excluding hydrogens is 563 g/mol. The molecule has 0 unspecified atom stereocenters. The fraction of sp³-hybridized carbons (Fsp3) is 0.345. The molecule has 2 aromatic heterocycles. The maximum atomic E-state index is 13.8. The first-order valence-electron chi connectivity index (χ1n) is 13.3. The molecule has 202 valence electrons. The quantitative estimate of drug-likeness (QED) is 0.270. The number of fused-ring (bicyclic) bond motifs is 2. The van der Waals surface area contributed by atoms with Crippen molar-refractivity contribution in [1.82, 2.24) is 24.8 Å². The molecule has 1 atom stereocenters. The molecule has 1 saturated heterocycles. The molecule has 1 fully saturated rings. The molecule has 4 aromatic rings. The van der Waals surface area contributed by atoms with E-state index >= 15 is 0 Å². The predicted molar refractivity (Wildman–Crippen MR) is 153 cm³/mol. The molecule has 6 rings (SSSR count). The number of likely N-dealkylation sites (tertiary alicyclic amines) is 1. The Kier molecular flexibility index (Phi) is 6.99. The Bertz CT molecular complexity index is 1610. The van der Waals surface area contributed by atoms with E-state index in [1.54, 1.807) is 18.3 Å². The van der Waals surface area contributed by atoms with Crippen molar-refractivity contribution in [3.8, 4) is 11.4 Å². The van der Waals surface area contributed by atoms with Gasteiger partial charge in [0.15, 0.2) is 0 Å². The number of benzene rings is 2. The third kappa shape index (κ3) is 5.23. The van der Waals surface area contributed by atoms with Gasteiger partial charge < -0.3 is 25.1 Å². The molecule has 0 bridgehead atoms. The van der Waals surface area contributed by atoms with Crippen molar-refractivity contribution in [2.45, 2.75) is 38.8 Å². The van der Waals surface area contributed by atoms with E-state index in [1.807, 2.05) is 24.0 Å². The molecule has 3 N–H and O–H groups in total. The van der Waals surface area contributed by atoms with Gasteiger partial charge in [0.1, 0.15) is 17.2 Å². The largest absolute Gasteiger partial charge is 0.381 e. The van der Waals surface area contributed by atoms with Gasteiger partial charge in [-0.3, -0.25) is 9.59 Å². The van der Waals surface area contributed by atoms with Crippen LogP contribution in [0.2, 0.25) is 0 Å². The number of amides is 1. The summed E-state index contributed by atoms with van der Waals surface area (Å²) in [7, 11) is 0. The highest BCUT2D eigenvalue weighted by Crippen LogP contribution is 2.30. The number of hydrogen-bond acceptors (Lipinski definition) is 5. The van der Waals surface area contributed by atoms with Gasteiger partial charge in [-0.25, -0.2) is 9.37 Å². The number of imidazole rings is 1. The molecule has 1 amide bonds. The van der Waals surface area contributed by atoms with Crippen molar-refractivity contribution >= 4 is 38.6 Å². The first-order chi connectivity index (χ1) is 18.9. The van der Waals surface area contributed by atoms with Crippen LogP contribution >= 0.6 is 15.9 Å². The van der Waals surface area contributed by atoms with E-state index in [4.69, 9.17) is 4.98 Å². The zero-order chi connectivity index (χ0) is 27.1. The van der Waals surface area contributed by atoms with E-state index in [2.05, 4.69) is 36.1 Å². The Morgan fingerprint density at radius 3 is 2.77 bits per heavy atom. The summed E-state index contributed by atoms with van der Waals surface area (Å²) in [5, 5.41) is 3.40. The highest BCUT2D eigenvalue weighted by Gasteiger charge is 2.29. The number of carbonyl (C=O) groups is 1. The lowest BCUT2D eigenvalue weighted by molar-refractivity contribution is 0.0763. The van der Waals surface area contributed by atoms with Crippen LogP contribution in [0.4, 0.5) is 10.1 Å². The van der Waals surface area contributed by atoms with Crippen LogP contribution in [0.5, 0.6) is 0 Å². The average molecular weight is 594 g/mol. The first kappa shape index (κ1) is 25.8. The lowest BCUT2D eigenvalue weighted by Gasteiger charge is -2.20. The van der Waals surface area contributed by atoms with E-state index in [9.17, 15) is 14.0 Å². The van der Waals surface area contributed by atoms with Crippen LogP contribution in [0.3, 0.4) is 0 Å². The van der Waals surface area contributed by atoms with E-state index in [0.717, 1.165) is 47.3 Å². The topological polar surface area (TPSA) is 97.1 Å². The number of halogens is 2. The van der Waals surface area contributed by atoms with Crippen molar-refractivity contribution in [3.63, 3.8) is 0 Å². The fourth-order valence-corrected chi connectivity index (χ4v) is 6.04. The minimum atomic E-state index is -0.292. The SMILES string of the molecule is C[C@@H](Cc1cc(F)ccc1Br)Nc1cc[nH]c(=O)c1-c1nc2cc3c(cc2[nH]1)CN(CCN1CCCC1)C3=O. The molecule has 0 aliphatic carbocycles. The first-order valence-corrected chi connectivity index (χ1v) is 14.1. The average Bonchev–Trinajstić information content (AvgIpc) is 3.63. The number of carbonyl (C=O) groups excluding carboxylic acids is 1. The van der Waals surface area contributed by atoms with Crippen LogP contribution in [0, 0.1) is 5.82 Å². The highest BCUT2D eigenvalue weighted by molar-refractivity contribution is 9.10. The minimum absolute atomic E-state index is 0.0351. The van der Waals surface area contributed by atoms with Gasteiger partial charge in [0.05, 0.1) is 16.7 Å². The lowest BCUT2D eigenvalue weighted by atomic mass is 10.1. The van der Waals surface area contributed by atoms with E-state index in [-0.39, 0.29) is 23.3 Å². The van der Waals surface area contributed by atoms with E-state index in [0.29, 0.717) is 41.1 Å². The number of aromatic amines is 2. The summed E-state index contributed by atoms with van der Waals surface area (Å²) in [6.07, 6.45) is 4.61. The Labute approximate surface area is 233 Å².